The number of benzene rings is 2. The lowest BCUT2D eigenvalue weighted by Crippen LogP contribution is -2.46. The third-order valence-electron chi connectivity index (χ3n) is 6.97. The van der Waals surface area contributed by atoms with Gasteiger partial charge in [-0.15, -0.1) is 0 Å². The molecule has 2 heterocycles. The number of unbranched alkanes of at least 4 members (excludes halogenated alkanes) is 1. The van der Waals surface area contributed by atoms with Crippen molar-refractivity contribution in [2.45, 2.75) is 58.5 Å². The summed E-state index contributed by atoms with van der Waals surface area (Å²) in [7, 11) is 0. The quantitative estimate of drug-likeness (QED) is 0.476. The zero-order chi connectivity index (χ0) is 23.8. The number of aryl methyl sites for hydroxylation is 1. The summed E-state index contributed by atoms with van der Waals surface area (Å²) in [5, 5.41) is 0. The second-order valence-electron chi connectivity index (χ2n) is 9.97. The Bertz CT molecular complexity index is 898. The number of para-hydroxylation sites is 2. The first-order valence-electron chi connectivity index (χ1n) is 13.2. The zero-order valence-electron chi connectivity index (χ0n) is 21.0. The smallest absolute Gasteiger partial charge is 0.253 e. The van der Waals surface area contributed by atoms with Gasteiger partial charge in [-0.25, -0.2) is 0 Å². The van der Waals surface area contributed by atoms with Crippen molar-refractivity contribution < 1.29 is 9.53 Å². The second kappa shape index (κ2) is 12.3. The molecule has 0 spiro atoms. The molecule has 2 aromatic rings. The van der Waals surface area contributed by atoms with Crippen LogP contribution in [0.15, 0.2) is 48.5 Å². The van der Waals surface area contributed by atoms with Gasteiger partial charge in [0.25, 0.3) is 5.91 Å². The van der Waals surface area contributed by atoms with Gasteiger partial charge in [0, 0.05) is 44.8 Å². The van der Waals surface area contributed by atoms with Gasteiger partial charge in [0.2, 0.25) is 0 Å². The van der Waals surface area contributed by atoms with Crippen LogP contribution < -0.4 is 9.64 Å². The highest BCUT2D eigenvalue weighted by atomic mass is 16.5. The van der Waals surface area contributed by atoms with Crippen LogP contribution in [-0.2, 0) is 6.42 Å². The molecule has 2 aromatic carbocycles. The van der Waals surface area contributed by atoms with Crippen LogP contribution in [-0.4, -0.2) is 67.6 Å². The molecule has 5 nitrogen and oxygen atoms in total. The average molecular weight is 464 g/mol. The van der Waals surface area contributed by atoms with Crippen LogP contribution in [0.1, 0.15) is 61.9 Å². The maximum Gasteiger partial charge on any atom is 0.253 e. The van der Waals surface area contributed by atoms with E-state index in [1.807, 2.05) is 17.0 Å². The molecule has 0 radical (unpaired) electrons. The van der Waals surface area contributed by atoms with E-state index in [-0.39, 0.29) is 12.0 Å². The number of ether oxygens (including phenoxy) is 1. The largest absolute Gasteiger partial charge is 0.489 e. The van der Waals surface area contributed by atoms with Gasteiger partial charge in [-0.2, -0.15) is 0 Å². The van der Waals surface area contributed by atoms with Crippen molar-refractivity contribution in [1.29, 1.82) is 0 Å². The summed E-state index contributed by atoms with van der Waals surface area (Å²) < 4.78 is 6.02. The molecule has 0 unspecified atom stereocenters. The Hall–Kier alpha value is -2.53. The number of amides is 1. The van der Waals surface area contributed by atoms with E-state index < -0.39 is 0 Å². The van der Waals surface area contributed by atoms with Crippen LogP contribution in [0.4, 0.5) is 5.69 Å². The molecule has 1 amide bonds. The molecule has 2 aliphatic rings. The molecule has 2 fully saturated rings. The highest BCUT2D eigenvalue weighted by Crippen LogP contribution is 2.29. The first-order valence-corrected chi connectivity index (χ1v) is 13.2. The molecule has 0 aliphatic carbocycles. The molecule has 34 heavy (non-hydrogen) atoms. The van der Waals surface area contributed by atoms with E-state index in [4.69, 9.17) is 4.74 Å². The monoisotopic (exact) mass is 463 g/mol. The zero-order valence-corrected chi connectivity index (χ0v) is 21.0. The molecule has 4 rings (SSSR count). The summed E-state index contributed by atoms with van der Waals surface area (Å²) in [5.74, 6) is 1.19. The van der Waals surface area contributed by atoms with Crippen LogP contribution in [0.2, 0.25) is 0 Å². The molecule has 0 saturated carbocycles. The van der Waals surface area contributed by atoms with E-state index in [1.165, 1.54) is 30.5 Å². The summed E-state index contributed by atoms with van der Waals surface area (Å²) in [5.41, 5.74) is 3.39. The number of carbonyl (C=O) groups excluding carboxylic acids is 1. The number of piperazine rings is 1. The van der Waals surface area contributed by atoms with Crippen molar-refractivity contribution in [3.05, 3.63) is 59.7 Å². The number of carbonyl (C=O) groups is 1. The maximum atomic E-state index is 12.6. The molecule has 5 heteroatoms. The fourth-order valence-corrected chi connectivity index (χ4v) is 5.04. The van der Waals surface area contributed by atoms with Gasteiger partial charge in [0.15, 0.2) is 0 Å². The summed E-state index contributed by atoms with van der Waals surface area (Å²) in [6, 6.07) is 16.7. The molecule has 0 aromatic heterocycles. The number of hydrogen-bond acceptors (Lipinski definition) is 4. The third kappa shape index (κ3) is 6.75. The number of nitrogens with zero attached hydrogens (tertiary/aromatic N) is 3. The Kier molecular flexibility index (Phi) is 8.86. The summed E-state index contributed by atoms with van der Waals surface area (Å²) in [4.78, 5) is 19.7. The maximum absolute atomic E-state index is 12.6. The van der Waals surface area contributed by atoms with E-state index in [0.29, 0.717) is 0 Å². The van der Waals surface area contributed by atoms with E-state index >= 15 is 0 Å². The van der Waals surface area contributed by atoms with Crippen molar-refractivity contribution in [2.75, 3.05) is 50.7 Å². The fraction of sp³-hybridized carbons (Fsp3) is 0.552. The molecule has 0 atom stereocenters. The number of rotatable bonds is 9. The number of piperidine rings is 1. The average Bonchev–Trinajstić information content (AvgIpc) is 2.87. The highest BCUT2D eigenvalue weighted by Gasteiger charge is 2.20. The van der Waals surface area contributed by atoms with E-state index in [1.54, 1.807) is 0 Å². The summed E-state index contributed by atoms with van der Waals surface area (Å²) >= 11 is 0. The van der Waals surface area contributed by atoms with Gasteiger partial charge in [0.05, 0.1) is 11.8 Å². The normalized spacial score (nSPS) is 17.3. The lowest BCUT2D eigenvalue weighted by Gasteiger charge is -2.37. The predicted octanol–water partition coefficient (Wildman–Crippen LogP) is 5.24. The van der Waals surface area contributed by atoms with E-state index in [0.717, 1.165) is 76.4 Å². The van der Waals surface area contributed by atoms with Crippen molar-refractivity contribution in [2.24, 2.45) is 0 Å². The van der Waals surface area contributed by atoms with Crippen molar-refractivity contribution in [3.8, 4) is 5.75 Å². The topological polar surface area (TPSA) is 36.0 Å². The Morgan fingerprint density at radius 1 is 0.853 bits per heavy atom. The number of anilines is 1. The van der Waals surface area contributed by atoms with E-state index in [9.17, 15) is 4.79 Å². The van der Waals surface area contributed by atoms with Crippen LogP contribution >= 0.6 is 0 Å². The predicted molar refractivity (Wildman–Crippen MR) is 140 cm³/mol. The molecule has 0 N–H and O–H groups in total. The van der Waals surface area contributed by atoms with Crippen molar-refractivity contribution in [3.63, 3.8) is 0 Å². The molecular formula is C29H41N3O2. The Morgan fingerprint density at radius 2 is 1.56 bits per heavy atom. The van der Waals surface area contributed by atoms with Crippen LogP contribution in [0.5, 0.6) is 5.75 Å². The second-order valence-corrected chi connectivity index (χ2v) is 9.97. The van der Waals surface area contributed by atoms with Gasteiger partial charge in [-0.3, -0.25) is 9.69 Å². The summed E-state index contributed by atoms with van der Waals surface area (Å²) in [6.45, 7) is 11.4. The van der Waals surface area contributed by atoms with Crippen LogP contribution in [0.25, 0.3) is 0 Å². The minimum Gasteiger partial charge on any atom is -0.489 e. The number of likely N-dealkylation sites (tertiary alicyclic amines) is 1. The minimum absolute atomic E-state index is 0.189. The lowest BCUT2D eigenvalue weighted by atomic mass is 10.0. The first kappa shape index (κ1) is 24.6. The van der Waals surface area contributed by atoms with Crippen LogP contribution in [0, 0.1) is 0 Å². The fourth-order valence-electron chi connectivity index (χ4n) is 5.04. The third-order valence-corrected chi connectivity index (χ3v) is 6.97. The minimum atomic E-state index is 0.189. The first-order chi connectivity index (χ1) is 16.6. The highest BCUT2D eigenvalue weighted by molar-refractivity contribution is 5.94. The Labute approximate surface area is 205 Å². The molecular weight excluding hydrogens is 422 g/mol. The van der Waals surface area contributed by atoms with Gasteiger partial charge in [-0.05, 0) is 88.7 Å². The van der Waals surface area contributed by atoms with Gasteiger partial charge >= 0.3 is 0 Å². The van der Waals surface area contributed by atoms with Gasteiger partial charge in [0.1, 0.15) is 5.75 Å². The molecule has 0 bridgehead atoms. The van der Waals surface area contributed by atoms with Gasteiger partial charge < -0.3 is 14.5 Å². The Morgan fingerprint density at radius 3 is 2.26 bits per heavy atom. The molecule has 2 aliphatic heterocycles. The lowest BCUT2D eigenvalue weighted by molar-refractivity contribution is 0.0724. The molecule has 2 saturated heterocycles. The Balaban J connectivity index is 1.16. The number of hydrogen-bond donors (Lipinski definition) is 0. The standard InChI is InChI=1S/C29H41N3O2/c1-24(2)34-28-12-5-4-11-27(28)31-22-20-30(21-23-31)17-9-6-10-25-13-15-26(16-14-25)29(33)32-18-7-3-8-19-32/h4-5,11-16,24H,3,6-10,17-23H2,1-2H3. The molecule has 184 valence electrons. The van der Waals surface area contributed by atoms with Crippen molar-refractivity contribution >= 4 is 11.6 Å². The van der Waals surface area contributed by atoms with Crippen molar-refractivity contribution in [1.82, 2.24) is 9.80 Å². The SMILES string of the molecule is CC(C)Oc1ccccc1N1CCN(CCCCc2ccc(C(=O)N3CCCCC3)cc2)CC1. The van der Waals surface area contributed by atoms with Gasteiger partial charge in [-0.1, -0.05) is 24.3 Å². The summed E-state index contributed by atoms with van der Waals surface area (Å²) in [6.07, 6.45) is 7.19. The van der Waals surface area contributed by atoms with Crippen LogP contribution in [0.3, 0.4) is 0 Å². The van der Waals surface area contributed by atoms with E-state index in [2.05, 4.69) is 60.0 Å².